The minimum absolute atomic E-state index is 0.210. The Hall–Kier alpha value is -0.380. The fourth-order valence-corrected chi connectivity index (χ4v) is 2.11. The van der Waals surface area contributed by atoms with Crippen LogP contribution < -0.4 is 5.32 Å². The van der Waals surface area contributed by atoms with Gasteiger partial charge in [-0.25, -0.2) is 0 Å². The zero-order chi connectivity index (χ0) is 8.97. The molecule has 68 valence electrons. The van der Waals surface area contributed by atoms with Gasteiger partial charge in [0.2, 0.25) is 0 Å². The van der Waals surface area contributed by atoms with Gasteiger partial charge in [0.15, 0.2) is 0 Å². The van der Waals surface area contributed by atoms with E-state index in [1.807, 2.05) is 11.3 Å². The van der Waals surface area contributed by atoms with Gasteiger partial charge in [-0.05, 0) is 25.5 Å². The van der Waals surface area contributed by atoms with Crippen LogP contribution in [0.2, 0.25) is 0 Å². The highest BCUT2D eigenvalue weighted by Crippen LogP contribution is 2.19. The van der Waals surface area contributed by atoms with E-state index >= 15 is 0 Å². The number of hydrogen-bond donors (Lipinski definition) is 2. The van der Waals surface area contributed by atoms with Crippen molar-refractivity contribution in [2.75, 3.05) is 13.2 Å². The van der Waals surface area contributed by atoms with Gasteiger partial charge >= 0.3 is 0 Å². The first kappa shape index (κ1) is 9.71. The van der Waals surface area contributed by atoms with E-state index in [1.165, 1.54) is 15.3 Å². The third kappa shape index (κ3) is 2.59. The number of aliphatic hydroxyl groups is 1. The molecule has 0 bridgehead atoms. The van der Waals surface area contributed by atoms with E-state index in [2.05, 4.69) is 25.2 Å². The fourth-order valence-electron chi connectivity index (χ4n) is 1.16. The monoisotopic (exact) mass is 185 g/mol. The molecule has 2 nitrogen and oxygen atoms in total. The van der Waals surface area contributed by atoms with E-state index < -0.39 is 0 Å². The van der Waals surface area contributed by atoms with Gasteiger partial charge in [0, 0.05) is 22.8 Å². The highest BCUT2D eigenvalue weighted by Gasteiger charge is 2.00. The van der Waals surface area contributed by atoms with Crippen LogP contribution in [0, 0.1) is 13.8 Å². The summed E-state index contributed by atoms with van der Waals surface area (Å²) in [5.41, 5.74) is 1.35. The lowest BCUT2D eigenvalue weighted by molar-refractivity contribution is 0.292. The molecule has 0 aliphatic rings. The van der Waals surface area contributed by atoms with Crippen LogP contribution in [-0.4, -0.2) is 18.3 Å². The minimum Gasteiger partial charge on any atom is -0.395 e. The van der Waals surface area contributed by atoms with Crippen molar-refractivity contribution in [3.05, 3.63) is 21.4 Å². The maximum Gasteiger partial charge on any atom is 0.0556 e. The Labute approximate surface area is 77.2 Å². The second-order valence-corrected chi connectivity index (χ2v) is 4.30. The van der Waals surface area contributed by atoms with Crippen molar-refractivity contribution < 1.29 is 5.11 Å². The van der Waals surface area contributed by atoms with E-state index in [0.29, 0.717) is 6.54 Å². The third-order valence-electron chi connectivity index (χ3n) is 1.75. The van der Waals surface area contributed by atoms with Crippen LogP contribution in [0.5, 0.6) is 0 Å². The predicted molar refractivity (Wildman–Crippen MR) is 52.6 cm³/mol. The summed E-state index contributed by atoms with van der Waals surface area (Å²) in [4.78, 5) is 2.73. The Morgan fingerprint density at radius 3 is 2.75 bits per heavy atom. The lowest BCUT2D eigenvalue weighted by atomic mass is 10.2. The summed E-state index contributed by atoms with van der Waals surface area (Å²) in [6, 6.07) is 2.20. The zero-order valence-corrected chi connectivity index (χ0v) is 8.37. The second kappa shape index (κ2) is 4.60. The van der Waals surface area contributed by atoms with Crippen LogP contribution in [0.15, 0.2) is 6.07 Å². The molecule has 12 heavy (non-hydrogen) atoms. The van der Waals surface area contributed by atoms with Gasteiger partial charge in [-0.2, -0.15) is 0 Å². The SMILES string of the molecule is Cc1cc(CNCCO)c(C)s1. The molecule has 0 atom stereocenters. The maximum atomic E-state index is 8.56. The molecule has 0 saturated carbocycles. The molecule has 0 unspecified atom stereocenters. The van der Waals surface area contributed by atoms with Gasteiger partial charge in [0.1, 0.15) is 0 Å². The largest absolute Gasteiger partial charge is 0.395 e. The molecule has 0 aliphatic heterocycles. The minimum atomic E-state index is 0.210. The van der Waals surface area contributed by atoms with Crippen LogP contribution in [0.3, 0.4) is 0 Å². The Morgan fingerprint density at radius 1 is 1.50 bits per heavy atom. The van der Waals surface area contributed by atoms with Crippen LogP contribution in [0.25, 0.3) is 0 Å². The summed E-state index contributed by atoms with van der Waals surface area (Å²) >= 11 is 1.82. The van der Waals surface area contributed by atoms with Gasteiger partial charge < -0.3 is 10.4 Å². The highest BCUT2D eigenvalue weighted by molar-refractivity contribution is 7.12. The molecule has 1 rings (SSSR count). The van der Waals surface area contributed by atoms with Crippen molar-refractivity contribution in [1.82, 2.24) is 5.32 Å². The zero-order valence-electron chi connectivity index (χ0n) is 7.55. The molecule has 1 heterocycles. The molecule has 0 spiro atoms. The summed E-state index contributed by atoms with van der Waals surface area (Å²) in [5.74, 6) is 0. The molecule has 0 amide bonds. The van der Waals surface area contributed by atoms with E-state index in [-0.39, 0.29) is 6.61 Å². The van der Waals surface area contributed by atoms with Gasteiger partial charge in [-0.15, -0.1) is 11.3 Å². The number of nitrogens with one attached hydrogen (secondary N) is 1. The lowest BCUT2D eigenvalue weighted by Gasteiger charge is -2.00. The molecule has 0 fully saturated rings. The van der Waals surface area contributed by atoms with E-state index in [4.69, 9.17) is 5.11 Å². The molecule has 1 aromatic heterocycles. The molecule has 2 N–H and O–H groups in total. The van der Waals surface area contributed by atoms with Crippen molar-refractivity contribution in [2.24, 2.45) is 0 Å². The summed E-state index contributed by atoms with van der Waals surface area (Å²) in [5, 5.41) is 11.7. The molecule has 0 aromatic carbocycles. The molecule has 1 aromatic rings. The Bertz CT molecular complexity index is 245. The van der Waals surface area contributed by atoms with Gasteiger partial charge in [0.25, 0.3) is 0 Å². The predicted octanol–water partition coefficient (Wildman–Crippen LogP) is 1.45. The van der Waals surface area contributed by atoms with Crippen LogP contribution in [0.4, 0.5) is 0 Å². The number of aliphatic hydroxyl groups excluding tert-OH is 1. The average Bonchev–Trinajstić information content (AvgIpc) is 2.31. The van der Waals surface area contributed by atoms with Crippen LogP contribution in [0.1, 0.15) is 15.3 Å². The summed E-state index contributed by atoms with van der Waals surface area (Å²) in [6.45, 7) is 6.01. The average molecular weight is 185 g/mol. The van der Waals surface area contributed by atoms with Gasteiger partial charge in [0.05, 0.1) is 6.61 Å². The van der Waals surface area contributed by atoms with Crippen molar-refractivity contribution >= 4 is 11.3 Å². The topological polar surface area (TPSA) is 32.3 Å². The van der Waals surface area contributed by atoms with Crippen LogP contribution in [-0.2, 0) is 6.54 Å². The molecule has 0 aliphatic carbocycles. The number of thiophene rings is 1. The standard InChI is InChI=1S/C9H15NOS/c1-7-5-9(8(2)12-7)6-10-3-4-11/h5,10-11H,3-4,6H2,1-2H3. The van der Waals surface area contributed by atoms with Crippen molar-refractivity contribution in [3.8, 4) is 0 Å². The number of hydrogen-bond acceptors (Lipinski definition) is 3. The van der Waals surface area contributed by atoms with E-state index in [0.717, 1.165) is 6.54 Å². The highest BCUT2D eigenvalue weighted by atomic mass is 32.1. The summed E-state index contributed by atoms with van der Waals surface area (Å²) in [6.07, 6.45) is 0. The first-order valence-corrected chi connectivity index (χ1v) is 4.93. The molecule has 3 heteroatoms. The molecular weight excluding hydrogens is 170 g/mol. The van der Waals surface area contributed by atoms with Crippen molar-refractivity contribution in [2.45, 2.75) is 20.4 Å². The third-order valence-corrected chi connectivity index (χ3v) is 2.76. The van der Waals surface area contributed by atoms with Crippen molar-refractivity contribution in [3.63, 3.8) is 0 Å². The van der Waals surface area contributed by atoms with Crippen molar-refractivity contribution in [1.29, 1.82) is 0 Å². The smallest absolute Gasteiger partial charge is 0.0556 e. The first-order chi connectivity index (χ1) is 5.74. The quantitative estimate of drug-likeness (QED) is 0.696. The molecule has 0 radical (unpaired) electrons. The normalized spacial score (nSPS) is 10.6. The summed E-state index contributed by atoms with van der Waals surface area (Å²) in [7, 11) is 0. The number of aryl methyl sites for hydroxylation is 2. The van der Waals surface area contributed by atoms with Crippen LogP contribution >= 0.6 is 11.3 Å². The van der Waals surface area contributed by atoms with E-state index in [1.54, 1.807) is 0 Å². The fraction of sp³-hybridized carbons (Fsp3) is 0.556. The number of rotatable bonds is 4. The Morgan fingerprint density at radius 2 is 2.25 bits per heavy atom. The summed E-state index contributed by atoms with van der Waals surface area (Å²) < 4.78 is 0. The lowest BCUT2D eigenvalue weighted by Crippen LogP contribution is -2.17. The van der Waals surface area contributed by atoms with E-state index in [9.17, 15) is 0 Å². The molecule has 0 saturated heterocycles. The second-order valence-electron chi connectivity index (χ2n) is 2.84. The Kier molecular flexibility index (Phi) is 3.72. The maximum absolute atomic E-state index is 8.56. The Balaban J connectivity index is 2.45. The van der Waals surface area contributed by atoms with Gasteiger partial charge in [-0.3, -0.25) is 0 Å². The first-order valence-electron chi connectivity index (χ1n) is 4.11. The molecular formula is C9H15NOS. The van der Waals surface area contributed by atoms with Gasteiger partial charge in [-0.1, -0.05) is 0 Å².